The maximum absolute atomic E-state index is 5.55. The summed E-state index contributed by atoms with van der Waals surface area (Å²) >= 11 is 0. The van der Waals surface area contributed by atoms with Crippen LogP contribution in [0.3, 0.4) is 0 Å². The van der Waals surface area contributed by atoms with Crippen molar-refractivity contribution in [3.63, 3.8) is 0 Å². The zero-order valence-electron chi connectivity index (χ0n) is 12.1. The van der Waals surface area contributed by atoms with E-state index in [0.717, 1.165) is 56.6 Å². The molecule has 5 heteroatoms. The van der Waals surface area contributed by atoms with Gasteiger partial charge < -0.3 is 15.0 Å². The van der Waals surface area contributed by atoms with Crippen LogP contribution >= 0.6 is 0 Å². The summed E-state index contributed by atoms with van der Waals surface area (Å²) in [6.07, 6.45) is 2.14. The number of anilines is 2. The van der Waals surface area contributed by atoms with Crippen molar-refractivity contribution in [2.45, 2.75) is 39.7 Å². The molecule has 0 saturated carbocycles. The topological polar surface area (TPSA) is 50.3 Å². The lowest BCUT2D eigenvalue weighted by molar-refractivity contribution is 0.0925. The van der Waals surface area contributed by atoms with E-state index >= 15 is 0 Å². The number of ether oxygens (including phenoxy) is 1. The highest BCUT2D eigenvalue weighted by Gasteiger charge is 2.23. The zero-order valence-corrected chi connectivity index (χ0v) is 12.1. The minimum absolute atomic E-state index is 0.419. The van der Waals surface area contributed by atoms with E-state index in [1.807, 2.05) is 6.92 Å². The van der Waals surface area contributed by atoms with Gasteiger partial charge in [-0.25, -0.2) is 4.98 Å². The van der Waals surface area contributed by atoms with Crippen molar-refractivity contribution >= 4 is 11.8 Å². The maximum Gasteiger partial charge on any atom is 0.224 e. The standard InChI is InChI=1S/C14H24N4O/c1-4-6-15-14-16-11(3)9-13(17-14)18-7-8-19-10-12(18)5-2/h9,12H,4-8,10H2,1-3H3,(H,15,16,17). The van der Waals surface area contributed by atoms with E-state index in [1.165, 1.54) is 0 Å². The summed E-state index contributed by atoms with van der Waals surface area (Å²) in [7, 11) is 0. The van der Waals surface area contributed by atoms with E-state index in [0.29, 0.717) is 6.04 Å². The molecule has 1 saturated heterocycles. The van der Waals surface area contributed by atoms with Crippen molar-refractivity contribution in [1.29, 1.82) is 0 Å². The van der Waals surface area contributed by atoms with Gasteiger partial charge in [-0.05, 0) is 19.8 Å². The van der Waals surface area contributed by atoms with Gasteiger partial charge in [0.2, 0.25) is 5.95 Å². The molecule has 0 radical (unpaired) electrons. The first-order valence-corrected chi connectivity index (χ1v) is 7.18. The molecule has 106 valence electrons. The van der Waals surface area contributed by atoms with Gasteiger partial charge in [0.25, 0.3) is 0 Å². The number of morpholine rings is 1. The lowest BCUT2D eigenvalue weighted by Gasteiger charge is -2.36. The summed E-state index contributed by atoms with van der Waals surface area (Å²) in [5, 5.41) is 3.27. The first-order chi connectivity index (χ1) is 9.24. The number of nitrogens with zero attached hydrogens (tertiary/aromatic N) is 3. The molecule has 5 nitrogen and oxygen atoms in total. The fraction of sp³-hybridized carbons (Fsp3) is 0.714. The van der Waals surface area contributed by atoms with Crippen LogP contribution in [0.15, 0.2) is 6.07 Å². The van der Waals surface area contributed by atoms with Crippen molar-refractivity contribution in [3.8, 4) is 0 Å². The lowest BCUT2D eigenvalue weighted by Crippen LogP contribution is -2.45. The number of hydrogen-bond donors (Lipinski definition) is 1. The third kappa shape index (κ3) is 3.56. The molecule has 0 aliphatic carbocycles. The number of aryl methyl sites for hydroxylation is 1. The zero-order chi connectivity index (χ0) is 13.7. The van der Waals surface area contributed by atoms with Gasteiger partial charge in [0.15, 0.2) is 0 Å². The Labute approximate surface area is 115 Å². The molecule has 1 fully saturated rings. The molecule has 1 unspecified atom stereocenters. The van der Waals surface area contributed by atoms with Crippen LogP contribution in [0.4, 0.5) is 11.8 Å². The van der Waals surface area contributed by atoms with Gasteiger partial charge in [0, 0.05) is 24.8 Å². The summed E-state index contributed by atoms with van der Waals surface area (Å²) in [4.78, 5) is 11.4. The Balaban J connectivity index is 2.19. The summed E-state index contributed by atoms with van der Waals surface area (Å²) in [5.74, 6) is 1.75. The normalized spacial score (nSPS) is 19.5. The monoisotopic (exact) mass is 264 g/mol. The Bertz CT molecular complexity index is 410. The van der Waals surface area contributed by atoms with Crippen molar-refractivity contribution < 1.29 is 4.74 Å². The quantitative estimate of drug-likeness (QED) is 0.883. The number of rotatable bonds is 5. The Kier molecular flexibility index (Phi) is 4.96. The Hall–Kier alpha value is -1.36. The second kappa shape index (κ2) is 6.70. The Morgan fingerprint density at radius 1 is 1.42 bits per heavy atom. The molecule has 1 aliphatic rings. The van der Waals surface area contributed by atoms with E-state index in [1.54, 1.807) is 0 Å². The summed E-state index contributed by atoms with van der Waals surface area (Å²) < 4.78 is 5.55. The van der Waals surface area contributed by atoms with Gasteiger partial charge in [0.1, 0.15) is 5.82 Å². The summed E-state index contributed by atoms with van der Waals surface area (Å²) in [5.41, 5.74) is 1.00. The molecule has 19 heavy (non-hydrogen) atoms. The van der Waals surface area contributed by atoms with Crippen molar-refractivity contribution in [3.05, 3.63) is 11.8 Å². The SMILES string of the molecule is CCCNc1nc(C)cc(N2CCOCC2CC)n1. The van der Waals surface area contributed by atoms with E-state index < -0.39 is 0 Å². The summed E-state index contributed by atoms with van der Waals surface area (Å²) in [6, 6.07) is 2.48. The molecule has 0 bridgehead atoms. The predicted molar refractivity (Wildman–Crippen MR) is 77.8 cm³/mol. The van der Waals surface area contributed by atoms with Gasteiger partial charge >= 0.3 is 0 Å². The fourth-order valence-electron chi connectivity index (χ4n) is 2.31. The van der Waals surface area contributed by atoms with Crippen LogP contribution in [0, 0.1) is 6.92 Å². The molecular formula is C14H24N4O. The second-order valence-corrected chi connectivity index (χ2v) is 4.95. The minimum atomic E-state index is 0.419. The highest BCUT2D eigenvalue weighted by Crippen LogP contribution is 2.21. The molecule has 0 amide bonds. The molecule has 1 aliphatic heterocycles. The van der Waals surface area contributed by atoms with Gasteiger partial charge in [-0.2, -0.15) is 4.98 Å². The van der Waals surface area contributed by atoms with Gasteiger partial charge in [-0.15, -0.1) is 0 Å². The molecule has 2 heterocycles. The molecule has 2 rings (SSSR count). The van der Waals surface area contributed by atoms with E-state index in [2.05, 4.69) is 40.1 Å². The highest BCUT2D eigenvalue weighted by atomic mass is 16.5. The smallest absolute Gasteiger partial charge is 0.224 e. The van der Waals surface area contributed by atoms with Crippen molar-refractivity contribution in [2.75, 3.05) is 36.5 Å². The van der Waals surface area contributed by atoms with E-state index in [9.17, 15) is 0 Å². The van der Waals surface area contributed by atoms with Gasteiger partial charge in [-0.1, -0.05) is 13.8 Å². The van der Waals surface area contributed by atoms with Crippen molar-refractivity contribution in [2.24, 2.45) is 0 Å². The van der Waals surface area contributed by atoms with Crippen LogP contribution in [0.25, 0.3) is 0 Å². The molecular weight excluding hydrogens is 240 g/mol. The predicted octanol–water partition coefficient (Wildman–Crippen LogP) is 2.22. The molecule has 0 aromatic carbocycles. The lowest BCUT2D eigenvalue weighted by atomic mass is 10.2. The van der Waals surface area contributed by atoms with Crippen LogP contribution in [0.5, 0.6) is 0 Å². The summed E-state index contributed by atoms with van der Waals surface area (Å²) in [6.45, 7) is 9.72. The highest BCUT2D eigenvalue weighted by molar-refractivity contribution is 5.46. The molecule has 0 spiro atoms. The Morgan fingerprint density at radius 2 is 2.26 bits per heavy atom. The van der Waals surface area contributed by atoms with Crippen LogP contribution in [0.1, 0.15) is 32.4 Å². The van der Waals surface area contributed by atoms with E-state index in [4.69, 9.17) is 4.74 Å². The van der Waals surface area contributed by atoms with Crippen LogP contribution in [-0.2, 0) is 4.74 Å². The Morgan fingerprint density at radius 3 is 3.00 bits per heavy atom. The van der Waals surface area contributed by atoms with Gasteiger partial charge in [0.05, 0.1) is 19.3 Å². The molecule has 1 aromatic heterocycles. The average molecular weight is 264 g/mol. The third-order valence-electron chi connectivity index (χ3n) is 3.37. The van der Waals surface area contributed by atoms with Crippen LogP contribution in [0.2, 0.25) is 0 Å². The average Bonchev–Trinajstić information content (AvgIpc) is 2.44. The second-order valence-electron chi connectivity index (χ2n) is 4.95. The largest absolute Gasteiger partial charge is 0.377 e. The van der Waals surface area contributed by atoms with Crippen LogP contribution < -0.4 is 10.2 Å². The number of aromatic nitrogens is 2. The first-order valence-electron chi connectivity index (χ1n) is 7.18. The van der Waals surface area contributed by atoms with Crippen molar-refractivity contribution in [1.82, 2.24) is 9.97 Å². The number of hydrogen-bond acceptors (Lipinski definition) is 5. The first kappa shape index (κ1) is 14.1. The van der Waals surface area contributed by atoms with Crippen LogP contribution in [-0.4, -0.2) is 42.3 Å². The molecule has 1 atom stereocenters. The third-order valence-corrected chi connectivity index (χ3v) is 3.37. The minimum Gasteiger partial charge on any atom is -0.377 e. The fourth-order valence-corrected chi connectivity index (χ4v) is 2.31. The van der Waals surface area contributed by atoms with Gasteiger partial charge in [-0.3, -0.25) is 0 Å². The molecule has 1 N–H and O–H groups in total. The molecule has 1 aromatic rings. The number of nitrogens with one attached hydrogen (secondary N) is 1. The van der Waals surface area contributed by atoms with E-state index in [-0.39, 0.29) is 0 Å². The maximum atomic E-state index is 5.55.